The molecule has 4 heteroatoms. The van der Waals surface area contributed by atoms with E-state index in [9.17, 15) is 0 Å². The summed E-state index contributed by atoms with van der Waals surface area (Å²) in [5.41, 5.74) is 1.15. The summed E-state index contributed by atoms with van der Waals surface area (Å²) in [6.45, 7) is 4.64. The minimum Gasteiger partial charge on any atom is -0.491 e. The van der Waals surface area contributed by atoms with Gasteiger partial charge in [0.25, 0.3) is 0 Å². The van der Waals surface area contributed by atoms with E-state index in [0.717, 1.165) is 15.8 Å². The average Bonchev–Trinajstić information content (AvgIpc) is 2.35. The first-order chi connectivity index (χ1) is 8.08. The molecule has 1 N–H and O–H groups in total. The van der Waals surface area contributed by atoms with Crippen LogP contribution < -0.4 is 10.1 Å². The number of hydrogen-bond donors (Lipinski definition) is 1. The molecular formula is C13H20BrNO2. The number of rotatable bonds is 6. The largest absolute Gasteiger partial charge is 0.491 e. The molecule has 0 fully saturated rings. The van der Waals surface area contributed by atoms with Crippen molar-refractivity contribution in [2.24, 2.45) is 0 Å². The maximum absolute atomic E-state index is 5.80. The Hall–Kier alpha value is -0.580. The molecule has 0 aliphatic heterocycles. The third kappa shape index (κ3) is 4.30. The molecule has 3 nitrogen and oxygen atoms in total. The molecule has 0 radical (unpaired) electrons. The van der Waals surface area contributed by atoms with Crippen molar-refractivity contribution in [1.82, 2.24) is 5.32 Å². The smallest absolute Gasteiger partial charge is 0.125 e. The van der Waals surface area contributed by atoms with Crippen molar-refractivity contribution in [1.29, 1.82) is 0 Å². The van der Waals surface area contributed by atoms with Gasteiger partial charge in [-0.25, -0.2) is 0 Å². The molecule has 2 unspecified atom stereocenters. The number of hydrogen-bond acceptors (Lipinski definition) is 3. The highest BCUT2D eigenvalue weighted by Gasteiger charge is 2.11. The molecule has 1 rings (SSSR count). The number of nitrogens with one attached hydrogen (secondary N) is 1. The molecule has 0 heterocycles. The molecular weight excluding hydrogens is 282 g/mol. The summed E-state index contributed by atoms with van der Waals surface area (Å²) in [5.74, 6) is 0.894. The molecule has 0 amide bonds. The van der Waals surface area contributed by atoms with Crippen molar-refractivity contribution < 1.29 is 9.47 Å². The molecule has 0 aliphatic carbocycles. The van der Waals surface area contributed by atoms with Gasteiger partial charge in [-0.3, -0.25) is 0 Å². The first kappa shape index (κ1) is 14.5. The van der Waals surface area contributed by atoms with Crippen LogP contribution in [0.1, 0.15) is 25.5 Å². The predicted molar refractivity (Wildman–Crippen MR) is 73.6 cm³/mol. The lowest BCUT2D eigenvalue weighted by molar-refractivity contribution is 0.0711. The van der Waals surface area contributed by atoms with Crippen molar-refractivity contribution in [2.45, 2.75) is 26.0 Å². The van der Waals surface area contributed by atoms with Gasteiger partial charge in [-0.2, -0.15) is 0 Å². The lowest BCUT2D eigenvalue weighted by Gasteiger charge is -2.18. The second kappa shape index (κ2) is 6.99. The van der Waals surface area contributed by atoms with E-state index in [2.05, 4.69) is 34.2 Å². The van der Waals surface area contributed by atoms with E-state index in [1.54, 1.807) is 7.11 Å². The second-order valence-corrected chi connectivity index (χ2v) is 4.97. The normalized spacial score (nSPS) is 14.4. The van der Waals surface area contributed by atoms with Crippen LogP contribution in [0.2, 0.25) is 0 Å². The molecule has 17 heavy (non-hydrogen) atoms. The van der Waals surface area contributed by atoms with Crippen molar-refractivity contribution in [2.75, 3.05) is 20.8 Å². The molecule has 0 aliphatic rings. The SMILES string of the molecule is CNC(C)c1ccc(Br)cc1OCC(C)OC. The first-order valence-electron chi connectivity index (χ1n) is 5.70. The van der Waals surface area contributed by atoms with Crippen LogP contribution in [-0.2, 0) is 4.74 Å². The van der Waals surface area contributed by atoms with Crippen LogP contribution in [0, 0.1) is 0 Å². The molecule has 0 bridgehead atoms. The Labute approximate surface area is 112 Å². The third-order valence-electron chi connectivity index (χ3n) is 2.75. The van der Waals surface area contributed by atoms with Crippen LogP contribution in [0.15, 0.2) is 22.7 Å². The predicted octanol–water partition coefficient (Wildman–Crippen LogP) is 3.14. The van der Waals surface area contributed by atoms with Crippen LogP contribution in [0.25, 0.3) is 0 Å². The van der Waals surface area contributed by atoms with Gasteiger partial charge < -0.3 is 14.8 Å². The van der Waals surface area contributed by atoms with Crippen molar-refractivity contribution in [3.63, 3.8) is 0 Å². The number of halogens is 1. The van der Waals surface area contributed by atoms with Gasteiger partial charge in [-0.05, 0) is 33.0 Å². The van der Waals surface area contributed by atoms with E-state index < -0.39 is 0 Å². The summed E-state index contributed by atoms with van der Waals surface area (Å²) in [6, 6.07) is 6.34. The number of benzene rings is 1. The maximum Gasteiger partial charge on any atom is 0.125 e. The van der Waals surface area contributed by atoms with Crippen molar-refractivity contribution in [3.8, 4) is 5.75 Å². The summed E-state index contributed by atoms with van der Waals surface area (Å²) in [7, 11) is 3.63. The van der Waals surface area contributed by atoms with E-state index in [0.29, 0.717) is 6.61 Å². The average molecular weight is 302 g/mol. The zero-order valence-electron chi connectivity index (χ0n) is 10.8. The fourth-order valence-electron chi connectivity index (χ4n) is 1.42. The van der Waals surface area contributed by atoms with Gasteiger partial charge in [-0.15, -0.1) is 0 Å². The van der Waals surface area contributed by atoms with E-state index in [1.807, 2.05) is 26.1 Å². The Kier molecular flexibility index (Phi) is 5.95. The quantitative estimate of drug-likeness (QED) is 0.875. The molecule has 1 aromatic carbocycles. The lowest BCUT2D eigenvalue weighted by Crippen LogP contribution is -2.18. The van der Waals surface area contributed by atoms with Crippen LogP contribution in [-0.4, -0.2) is 26.9 Å². The van der Waals surface area contributed by atoms with Crippen LogP contribution in [0.3, 0.4) is 0 Å². The highest BCUT2D eigenvalue weighted by Crippen LogP contribution is 2.28. The van der Waals surface area contributed by atoms with Crippen molar-refractivity contribution in [3.05, 3.63) is 28.2 Å². The second-order valence-electron chi connectivity index (χ2n) is 4.05. The zero-order valence-corrected chi connectivity index (χ0v) is 12.4. The highest BCUT2D eigenvalue weighted by atomic mass is 79.9. The molecule has 1 aromatic rings. The molecule has 96 valence electrons. The maximum atomic E-state index is 5.80. The zero-order chi connectivity index (χ0) is 12.8. The van der Waals surface area contributed by atoms with Crippen molar-refractivity contribution >= 4 is 15.9 Å². The van der Waals surface area contributed by atoms with E-state index in [4.69, 9.17) is 9.47 Å². The topological polar surface area (TPSA) is 30.5 Å². The van der Waals surface area contributed by atoms with Gasteiger partial charge in [0, 0.05) is 23.2 Å². The Bertz CT molecular complexity index is 357. The minimum absolute atomic E-state index is 0.0896. The fraction of sp³-hybridized carbons (Fsp3) is 0.538. The highest BCUT2D eigenvalue weighted by molar-refractivity contribution is 9.10. The summed E-state index contributed by atoms with van der Waals surface area (Å²) in [5, 5.41) is 3.22. The Morgan fingerprint density at radius 2 is 2.06 bits per heavy atom. The summed E-state index contributed by atoms with van der Waals surface area (Å²) in [4.78, 5) is 0. The van der Waals surface area contributed by atoms with Crippen LogP contribution in [0.4, 0.5) is 0 Å². The number of ether oxygens (including phenoxy) is 2. The summed E-state index contributed by atoms with van der Waals surface area (Å²) >= 11 is 3.46. The van der Waals surface area contributed by atoms with Gasteiger partial charge in [0.15, 0.2) is 0 Å². The van der Waals surface area contributed by atoms with Crippen LogP contribution in [0.5, 0.6) is 5.75 Å². The summed E-state index contributed by atoms with van der Waals surface area (Å²) in [6.07, 6.45) is 0.0896. The van der Waals surface area contributed by atoms with Gasteiger partial charge in [0.1, 0.15) is 12.4 Å². The van der Waals surface area contributed by atoms with Gasteiger partial charge >= 0.3 is 0 Å². The monoisotopic (exact) mass is 301 g/mol. The Morgan fingerprint density at radius 3 is 2.65 bits per heavy atom. The molecule has 0 aromatic heterocycles. The van der Waals surface area contributed by atoms with E-state index in [-0.39, 0.29) is 12.1 Å². The molecule has 0 spiro atoms. The minimum atomic E-state index is 0.0896. The molecule has 2 atom stereocenters. The fourth-order valence-corrected chi connectivity index (χ4v) is 1.76. The molecule has 0 saturated carbocycles. The lowest BCUT2D eigenvalue weighted by atomic mass is 10.1. The molecule has 0 saturated heterocycles. The van der Waals surface area contributed by atoms with Crippen LogP contribution >= 0.6 is 15.9 Å². The first-order valence-corrected chi connectivity index (χ1v) is 6.50. The third-order valence-corrected chi connectivity index (χ3v) is 3.24. The van der Waals surface area contributed by atoms with Gasteiger partial charge in [-0.1, -0.05) is 22.0 Å². The van der Waals surface area contributed by atoms with Gasteiger partial charge in [0.2, 0.25) is 0 Å². The summed E-state index contributed by atoms with van der Waals surface area (Å²) < 4.78 is 12.0. The van der Waals surface area contributed by atoms with E-state index >= 15 is 0 Å². The van der Waals surface area contributed by atoms with E-state index in [1.165, 1.54) is 0 Å². The Morgan fingerprint density at radius 1 is 1.35 bits per heavy atom. The van der Waals surface area contributed by atoms with Gasteiger partial charge in [0.05, 0.1) is 6.10 Å². The Balaban J connectivity index is 2.83. The standard InChI is InChI=1S/C13H20BrNO2/c1-9(16-4)8-17-13-7-11(14)5-6-12(13)10(2)15-3/h5-7,9-10,15H,8H2,1-4H3. The number of methoxy groups -OCH3 is 1.